The fourth-order valence-corrected chi connectivity index (χ4v) is 2.62. The first-order valence-electron chi connectivity index (χ1n) is 6.41. The van der Waals surface area contributed by atoms with Crippen LogP contribution in [0.15, 0.2) is 42.5 Å². The van der Waals surface area contributed by atoms with Crippen LogP contribution in [0.3, 0.4) is 0 Å². The normalized spacial score (nSPS) is 20.2. The van der Waals surface area contributed by atoms with Crippen molar-refractivity contribution in [2.75, 3.05) is 5.32 Å². The Labute approximate surface area is 116 Å². The molecule has 0 bridgehead atoms. The maximum Gasteiger partial charge on any atom is 0.147 e. The number of nitrogens with one attached hydrogen (secondary N) is 1. The summed E-state index contributed by atoms with van der Waals surface area (Å²) in [7, 11) is 0. The van der Waals surface area contributed by atoms with Gasteiger partial charge in [-0.2, -0.15) is 5.26 Å². The largest absolute Gasteiger partial charge is 0.390 e. The minimum absolute atomic E-state index is 0.278. The molecule has 1 aliphatic rings. The quantitative estimate of drug-likeness (QED) is 0.880. The van der Waals surface area contributed by atoms with Gasteiger partial charge in [-0.05, 0) is 29.3 Å². The van der Waals surface area contributed by atoms with Crippen molar-refractivity contribution < 1.29 is 9.50 Å². The minimum Gasteiger partial charge on any atom is -0.390 e. The zero-order valence-corrected chi connectivity index (χ0v) is 10.7. The Balaban J connectivity index is 1.90. The summed E-state index contributed by atoms with van der Waals surface area (Å²) in [6.07, 6.45) is -0.0198. The first kappa shape index (κ1) is 12.6. The molecule has 2 aromatic rings. The van der Waals surface area contributed by atoms with Gasteiger partial charge in [-0.1, -0.05) is 24.3 Å². The number of halogens is 1. The van der Waals surface area contributed by atoms with Gasteiger partial charge in [0.15, 0.2) is 0 Å². The van der Waals surface area contributed by atoms with Crippen LogP contribution in [0.25, 0.3) is 0 Å². The van der Waals surface area contributed by atoms with Crippen molar-refractivity contribution in [1.82, 2.24) is 0 Å². The van der Waals surface area contributed by atoms with Crippen LogP contribution in [-0.4, -0.2) is 11.2 Å². The predicted molar refractivity (Wildman–Crippen MR) is 73.6 cm³/mol. The summed E-state index contributed by atoms with van der Waals surface area (Å²) >= 11 is 0. The number of nitriles is 1. The lowest BCUT2D eigenvalue weighted by Gasteiger charge is -2.19. The molecule has 100 valence electrons. The second kappa shape index (κ2) is 4.95. The number of aliphatic hydroxyl groups excluding tert-OH is 1. The lowest BCUT2D eigenvalue weighted by molar-refractivity contribution is 0.165. The van der Waals surface area contributed by atoms with Crippen LogP contribution in [0.5, 0.6) is 0 Å². The van der Waals surface area contributed by atoms with Gasteiger partial charge >= 0.3 is 0 Å². The Kier molecular flexibility index (Phi) is 3.13. The Hall–Kier alpha value is -2.38. The molecule has 3 rings (SSSR count). The van der Waals surface area contributed by atoms with Gasteiger partial charge in [0, 0.05) is 6.42 Å². The third kappa shape index (κ3) is 2.13. The van der Waals surface area contributed by atoms with Crippen molar-refractivity contribution >= 4 is 5.69 Å². The van der Waals surface area contributed by atoms with Gasteiger partial charge in [-0.3, -0.25) is 0 Å². The molecule has 0 aromatic heterocycles. The Morgan fingerprint density at radius 2 is 2.05 bits per heavy atom. The number of aliphatic hydroxyl groups is 1. The average molecular weight is 268 g/mol. The standard InChI is InChI=1S/C16H13FN2O/c17-13-7-10(9-18)5-6-14(13)19-16-12-4-2-1-3-11(12)8-15(16)20/h1-7,15-16,19-20H,8H2/t15-,16+/m0/s1. The maximum atomic E-state index is 13.9. The molecule has 3 nitrogen and oxygen atoms in total. The van der Waals surface area contributed by atoms with E-state index in [0.29, 0.717) is 12.1 Å². The SMILES string of the molecule is N#Cc1ccc(N[C@@H]2c3ccccc3C[C@@H]2O)c(F)c1. The molecule has 0 unspecified atom stereocenters. The van der Waals surface area contributed by atoms with Crippen LogP contribution in [-0.2, 0) is 6.42 Å². The fraction of sp³-hybridized carbons (Fsp3) is 0.188. The topological polar surface area (TPSA) is 56.0 Å². The first-order valence-corrected chi connectivity index (χ1v) is 6.41. The summed E-state index contributed by atoms with van der Waals surface area (Å²) in [5.41, 5.74) is 2.64. The van der Waals surface area contributed by atoms with Crippen LogP contribution >= 0.6 is 0 Å². The number of rotatable bonds is 2. The summed E-state index contributed by atoms with van der Waals surface area (Å²) < 4.78 is 13.9. The van der Waals surface area contributed by atoms with E-state index in [1.54, 1.807) is 6.07 Å². The van der Waals surface area contributed by atoms with Crippen LogP contribution in [0.1, 0.15) is 22.7 Å². The molecule has 20 heavy (non-hydrogen) atoms. The second-order valence-corrected chi connectivity index (χ2v) is 4.90. The molecule has 1 aliphatic carbocycles. The van der Waals surface area contributed by atoms with Gasteiger partial charge in [-0.25, -0.2) is 4.39 Å². The van der Waals surface area contributed by atoms with Gasteiger partial charge in [-0.15, -0.1) is 0 Å². The summed E-state index contributed by atoms with van der Waals surface area (Å²) in [4.78, 5) is 0. The Bertz CT molecular complexity index is 693. The lowest BCUT2D eigenvalue weighted by Crippen LogP contribution is -2.21. The molecular weight excluding hydrogens is 255 g/mol. The first-order chi connectivity index (χ1) is 9.69. The van der Waals surface area contributed by atoms with E-state index in [-0.39, 0.29) is 11.6 Å². The number of anilines is 1. The number of hydrogen-bond donors (Lipinski definition) is 2. The number of hydrogen-bond acceptors (Lipinski definition) is 3. The van der Waals surface area contributed by atoms with Crippen molar-refractivity contribution in [3.63, 3.8) is 0 Å². The van der Waals surface area contributed by atoms with Gasteiger partial charge in [0.25, 0.3) is 0 Å². The Morgan fingerprint density at radius 3 is 2.80 bits per heavy atom. The molecule has 0 aliphatic heterocycles. The van der Waals surface area contributed by atoms with E-state index in [9.17, 15) is 9.50 Å². The fourth-order valence-electron chi connectivity index (χ4n) is 2.62. The van der Waals surface area contributed by atoms with E-state index in [1.807, 2.05) is 30.3 Å². The molecule has 0 spiro atoms. The van der Waals surface area contributed by atoms with Crippen LogP contribution < -0.4 is 5.32 Å². The van der Waals surface area contributed by atoms with Gasteiger partial charge in [0.1, 0.15) is 5.82 Å². The van der Waals surface area contributed by atoms with E-state index in [4.69, 9.17) is 5.26 Å². The van der Waals surface area contributed by atoms with Crippen LogP contribution in [0.2, 0.25) is 0 Å². The summed E-state index contributed by atoms with van der Waals surface area (Å²) in [6, 6.07) is 13.6. The highest BCUT2D eigenvalue weighted by atomic mass is 19.1. The van der Waals surface area contributed by atoms with Crippen molar-refractivity contribution in [2.24, 2.45) is 0 Å². The molecule has 0 fully saturated rings. The third-order valence-electron chi connectivity index (χ3n) is 3.61. The molecule has 4 heteroatoms. The highest BCUT2D eigenvalue weighted by molar-refractivity contribution is 5.52. The van der Waals surface area contributed by atoms with Crippen molar-refractivity contribution in [3.05, 3.63) is 65.0 Å². The van der Waals surface area contributed by atoms with E-state index in [0.717, 1.165) is 11.1 Å². The molecular formula is C16H13FN2O. The number of nitrogens with zero attached hydrogens (tertiary/aromatic N) is 1. The Morgan fingerprint density at radius 1 is 1.25 bits per heavy atom. The van der Waals surface area contributed by atoms with Gasteiger partial charge in [0.05, 0.1) is 29.5 Å². The summed E-state index contributed by atoms with van der Waals surface area (Å²) in [6.45, 7) is 0. The minimum atomic E-state index is -0.581. The van der Waals surface area contributed by atoms with Crippen molar-refractivity contribution in [1.29, 1.82) is 5.26 Å². The molecule has 2 N–H and O–H groups in total. The predicted octanol–water partition coefficient (Wildman–Crippen LogP) is 2.77. The summed E-state index contributed by atoms with van der Waals surface area (Å²) in [5, 5.41) is 21.9. The molecule has 2 atom stereocenters. The van der Waals surface area contributed by atoms with E-state index < -0.39 is 11.9 Å². The van der Waals surface area contributed by atoms with Crippen molar-refractivity contribution in [2.45, 2.75) is 18.6 Å². The van der Waals surface area contributed by atoms with Crippen LogP contribution in [0, 0.1) is 17.1 Å². The average Bonchev–Trinajstić information content (AvgIpc) is 2.77. The molecule has 2 aromatic carbocycles. The molecule has 0 saturated carbocycles. The van der Waals surface area contributed by atoms with E-state index in [2.05, 4.69) is 5.32 Å². The zero-order valence-electron chi connectivity index (χ0n) is 10.7. The smallest absolute Gasteiger partial charge is 0.147 e. The van der Waals surface area contributed by atoms with E-state index in [1.165, 1.54) is 12.1 Å². The molecule has 0 heterocycles. The lowest BCUT2D eigenvalue weighted by atomic mass is 10.1. The number of benzene rings is 2. The molecule has 0 saturated heterocycles. The van der Waals surface area contributed by atoms with Gasteiger partial charge < -0.3 is 10.4 Å². The van der Waals surface area contributed by atoms with Crippen LogP contribution in [0.4, 0.5) is 10.1 Å². The highest BCUT2D eigenvalue weighted by Crippen LogP contribution is 2.34. The number of fused-ring (bicyclic) bond motifs is 1. The van der Waals surface area contributed by atoms with E-state index >= 15 is 0 Å². The van der Waals surface area contributed by atoms with Crippen molar-refractivity contribution in [3.8, 4) is 6.07 Å². The maximum absolute atomic E-state index is 13.9. The molecule has 0 radical (unpaired) electrons. The monoisotopic (exact) mass is 268 g/mol. The zero-order chi connectivity index (χ0) is 14.1. The summed E-state index contributed by atoms with van der Waals surface area (Å²) in [5.74, 6) is -0.486. The third-order valence-corrected chi connectivity index (χ3v) is 3.61. The van der Waals surface area contributed by atoms with Gasteiger partial charge in [0.2, 0.25) is 0 Å². The highest BCUT2D eigenvalue weighted by Gasteiger charge is 2.31. The second-order valence-electron chi connectivity index (χ2n) is 4.90. The molecule has 0 amide bonds.